The molecule has 6 nitrogen and oxygen atoms in total. The van der Waals surface area contributed by atoms with Gasteiger partial charge in [0.1, 0.15) is 17.3 Å². The highest BCUT2D eigenvalue weighted by Gasteiger charge is 2.11. The summed E-state index contributed by atoms with van der Waals surface area (Å²) >= 11 is 0. The Bertz CT molecular complexity index is 1180. The molecule has 0 atom stereocenters. The molecule has 150 valence electrons. The predicted molar refractivity (Wildman–Crippen MR) is 119 cm³/mol. The fourth-order valence-corrected chi connectivity index (χ4v) is 3.10. The lowest BCUT2D eigenvalue weighted by molar-refractivity contribution is -0.111. The molecule has 1 amide bonds. The number of hydrogen-bond donors (Lipinski definition) is 2. The minimum atomic E-state index is -0.258. The van der Waals surface area contributed by atoms with Crippen LogP contribution in [0.4, 0.5) is 5.69 Å². The number of fused-ring (bicyclic) bond motifs is 1. The summed E-state index contributed by atoms with van der Waals surface area (Å²) in [5.74, 6) is 1.80. The minimum Gasteiger partial charge on any atom is -0.497 e. The summed E-state index contributed by atoms with van der Waals surface area (Å²) in [4.78, 5) is 20.4. The summed E-state index contributed by atoms with van der Waals surface area (Å²) in [6, 6.07) is 20.8. The van der Waals surface area contributed by atoms with E-state index >= 15 is 0 Å². The molecule has 4 rings (SSSR count). The molecule has 0 radical (unpaired) electrons. The summed E-state index contributed by atoms with van der Waals surface area (Å²) in [7, 11) is 3.18. The number of H-pyrrole nitrogens is 1. The second-order valence-corrected chi connectivity index (χ2v) is 6.61. The second-order valence-electron chi connectivity index (χ2n) is 6.61. The van der Waals surface area contributed by atoms with Gasteiger partial charge in [0.25, 0.3) is 0 Å². The predicted octanol–water partition coefficient (Wildman–Crippen LogP) is 4.90. The maximum absolute atomic E-state index is 12.5. The average Bonchev–Trinajstić information content (AvgIpc) is 3.22. The molecule has 0 spiro atoms. The number of ether oxygens (including phenoxy) is 2. The molecule has 0 saturated carbocycles. The van der Waals surface area contributed by atoms with Crippen LogP contribution in [0.25, 0.3) is 28.5 Å². The molecule has 0 bridgehead atoms. The van der Waals surface area contributed by atoms with Gasteiger partial charge in [-0.15, -0.1) is 0 Å². The van der Waals surface area contributed by atoms with Crippen LogP contribution in [0.1, 0.15) is 5.56 Å². The van der Waals surface area contributed by atoms with Crippen LogP contribution < -0.4 is 14.8 Å². The van der Waals surface area contributed by atoms with Crippen molar-refractivity contribution < 1.29 is 14.3 Å². The summed E-state index contributed by atoms with van der Waals surface area (Å²) in [5.41, 5.74) is 4.16. The Kier molecular flexibility index (Phi) is 5.48. The lowest BCUT2D eigenvalue weighted by Crippen LogP contribution is -2.09. The van der Waals surface area contributed by atoms with Crippen molar-refractivity contribution >= 4 is 28.7 Å². The molecule has 1 heterocycles. The van der Waals surface area contributed by atoms with Crippen LogP contribution in [0.3, 0.4) is 0 Å². The number of rotatable bonds is 6. The van der Waals surface area contributed by atoms with Gasteiger partial charge in [-0.3, -0.25) is 4.79 Å². The zero-order valence-corrected chi connectivity index (χ0v) is 16.7. The maximum atomic E-state index is 12.5. The quantitative estimate of drug-likeness (QED) is 0.452. The van der Waals surface area contributed by atoms with Gasteiger partial charge in [0.2, 0.25) is 5.91 Å². The largest absolute Gasteiger partial charge is 0.497 e. The van der Waals surface area contributed by atoms with Crippen LogP contribution in [-0.4, -0.2) is 30.1 Å². The molecular weight excluding hydrogens is 378 g/mol. The molecule has 4 aromatic rings. The van der Waals surface area contributed by atoms with Crippen LogP contribution in [0.5, 0.6) is 11.5 Å². The number of nitrogens with one attached hydrogen (secondary N) is 2. The molecule has 2 N–H and O–H groups in total. The smallest absolute Gasteiger partial charge is 0.248 e. The fourth-order valence-electron chi connectivity index (χ4n) is 3.10. The standard InChI is InChI=1S/C24H21N3O3/c1-29-18-11-7-16(8-12-18)9-14-23(28)25-21-15-17(10-13-22(21)30-2)24-26-19-5-3-4-6-20(19)27-24/h3-15H,1-2H3,(H,25,28)(H,26,27)/b14-9+. The van der Waals surface area contributed by atoms with E-state index in [1.54, 1.807) is 20.3 Å². The van der Waals surface area contributed by atoms with E-state index in [-0.39, 0.29) is 5.91 Å². The lowest BCUT2D eigenvalue weighted by Gasteiger charge is -2.10. The summed E-state index contributed by atoms with van der Waals surface area (Å²) in [6.45, 7) is 0. The first-order valence-corrected chi connectivity index (χ1v) is 9.42. The minimum absolute atomic E-state index is 0.258. The number of methoxy groups -OCH3 is 2. The number of amides is 1. The Hall–Kier alpha value is -4.06. The van der Waals surface area contributed by atoms with Crippen molar-refractivity contribution in [3.63, 3.8) is 0 Å². The first kappa shape index (κ1) is 19.3. The summed E-state index contributed by atoms with van der Waals surface area (Å²) in [5, 5.41) is 2.88. The van der Waals surface area contributed by atoms with E-state index in [1.165, 1.54) is 6.08 Å². The summed E-state index contributed by atoms with van der Waals surface area (Å²) in [6.07, 6.45) is 3.22. The van der Waals surface area contributed by atoms with Gasteiger partial charge in [-0.2, -0.15) is 0 Å². The fraction of sp³-hybridized carbons (Fsp3) is 0.0833. The SMILES string of the molecule is COc1ccc(/C=C/C(=O)Nc2cc(-c3nc4ccccc4[nH]3)ccc2OC)cc1. The van der Waals surface area contributed by atoms with Crippen LogP contribution in [0.15, 0.2) is 72.8 Å². The van der Waals surface area contributed by atoms with E-state index in [0.29, 0.717) is 11.4 Å². The van der Waals surface area contributed by atoms with Crippen molar-refractivity contribution in [3.8, 4) is 22.9 Å². The topological polar surface area (TPSA) is 76.2 Å². The third-order valence-electron chi connectivity index (χ3n) is 4.66. The molecule has 0 saturated heterocycles. The van der Waals surface area contributed by atoms with Crippen molar-refractivity contribution in [3.05, 3.63) is 78.4 Å². The molecule has 6 heteroatoms. The molecule has 3 aromatic carbocycles. The number of aromatic amines is 1. The molecule has 0 unspecified atom stereocenters. The lowest BCUT2D eigenvalue weighted by atomic mass is 10.1. The third-order valence-corrected chi connectivity index (χ3v) is 4.66. The Labute approximate surface area is 174 Å². The van der Waals surface area contributed by atoms with Gasteiger partial charge >= 0.3 is 0 Å². The Balaban J connectivity index is 1.55. The van der Waals surface area contributed by atoms with E-state index in [2.05, 4.69) is 15.3 Å². The second kappa shape index (κ2) is 8.53. The van der Waals surface area contributed by atoms with Gasteiger partial charge in [-0.05, 0) is 54.1 Å². The number of nitrogens with zero attached hydrogens (tertiary/aromatic N) is 1. The zero-order chi connectivity index (χ0) is 20.9. The number of benzene rings is 3. The highest BCUT2D eigenvalue weighted by Crippen LogP contribution is 2.30. The van der Waals surface area contributed by atoms with Gasteiger partial charge in [0, 0.05) is 11.6 Å². The van der Waals surface area contributed by atoms with Crippen LogP contribution in [-0.2, 0) is 4.79 Å². The number of carbonyl (C=O) groups is 1. The van der Waals surface area contributed by atoms with Crippen molar-refractivity contribution in [1.82, 2.24) is 9.97 Å². The molecule has 0 fully saturated rings. The molecule has 1 aromatic heterocycles. The van der Waals surface area contributed by atoms with Crippen molar-refractivity contribution in [1.29, 1.82) is 0 Å². The Morgan fingerprint density at radius 1 is 1.00 bits per heavy atom. The number of aromatic nitrogens is 2. The van der Waals surface area contributed by atoms with E-state index in [4.69, 9.17) is 9.47 Å². The van der Waals surface area contributed by atoms with Gasteiger partial charge < -0.3 is 19.8 Å². The molecular formula is C24H21N3O3. The third kappa shape index (κ3) is 4.17. The van der Waals surface area contributed by atoms with Gasteiger partial charge in [0.15, 0.2) is 0 Å². The van der Waals surface area contributed by atoms with E-state index in [0.717, 1.165) is 33.7 Å². The van der Waals surface area contributed by atoms with E-state index < -0.39 is 0 Å². The van der Waals surface area contributed by atoms with Crippen LogP contribution in [0.2, 0.25) is 0 Å². The first-order chi connectivity index (χ1) is 14.7. The number of hydrogen-bond acceptors (Lipinski definition) is 4. The molecule has 0 aliphatic heterocycles. The number of para-hydroxylation sites is 2. The average molecular weight is 399 g/mol. The van der Waals surface area contributed by atoms with Gasteiger partial charge in [0.05, 0.1) is 30.9 Å². The van der Waals surface area contributed by atoms with E-state index in [9.17, 15) is 4.79 Å². The molecule has 0 aliphatic rings. The number of carbonyl (C=O) groups excluding carboxylic acids is 1. The maximum Gasteiger partial charge on any atom is 0.248 e. The normalized spacial score (nSPS) is 11.0. The Morgan fingerprint density at radius 2 is 1.80 bits per heavy atom. The van der Waals surface area contributed by atoms with Crippen LogP contribution >= 0.6 is 0 Å². The van der Waals surface area contributed by atoms with Gasteiger partial charge in [-0.1, -0.05) is 24.3 Å². The first-order valence-electron chi connectivity index (χ1n) is 9.42. The molecule has 30 heavy (non-hydrogen) atoms. The highest BCUT2D eigenvalue weighted by molar-refractivity contribution is 6.03. The van der Waals surface area contributed by atoms with Crippen molar-refractivity contribution in [2.24, 2.45) is 0 Å². The number of imidazole rings is 1. The Morgan fingerprint density at radius 3 is 2.53 bits per heavy atom. The zero-order valence-electron chi connectivity index (χ0n) is 16.7. The van der Waals surface area contributed by atoms with Crippen molar-refractivity contribution in [2.75, 3.05) is 19.5 Å². The van der Waals surface area contributed by atoms with Crippen molar-refractivity contribution in [2.45, 2.75) is 0 Å². The van der Waals surface area contributed by atoms with E-state index in [1.807, 2.05) is 66.7 Å². The number of anilines is 1. The molecule has 0 aliphatic carbocycles. The monoisotopic (exact) mass is 399 g/mol. The highest BCUT2D eigenvalue weighted by atomic mass is 16.5. The van der Waals surface area contributed by atoms with Gasteiger partial charge in [-0.25, -0.2) is 4.98 Å². The van der Waals surface area contributed by atoms with Crippen LogP contribution in [0, 0.1) is 0 Å². The summed E-state index contributed by atoms with van der Waals surface area (Å²) < 4.78 is 10.5.